The van der Waals surface area contributed by atoms with Gasteiger partial charge in [-0.15, -0.1) is 11.8 Å². The molecule has 1 saturated carbocycles. The fourth-order valence-corrected chi connectivity index (χ4v) is 4.42. The van der Waals surface area contributed by atoms with Crippen molar-refractivity contribution < 1.29 is 14.6 Å². The zero-order valence-corrected chi connectivity index (χ0v) is 12.5. The number of carboxylic acid groups (broad SMARTS) is 1. The first-order chi connectivity index (χ1) is 9.58. The van der Waals surface area contributed by atoms with Crippen LogP contribution in [0.15, 0.2) is 23.1 Å². The Bertz CT molecular complexity index is 522. The molecule has 1 heterocycles. The zero-order chi connectivity index (χ0) is 14.2. The van der Waals surface area contributed by atoms with Gasteiger partial charge in [-0.25, -0.2) is 4.79 Å². The molecule has 2 aliphatic rings. The molecule has 0 amide bonds. The van der Waals surface area contributed by atoms with Crippen molar-refractivity contribution in [2.75, 3.05) is 6.61 Å². The molecule has 0 bridgehead atoms. The largest absolute Gasteiger partial charge is 0.478 e. The van der Waals surface area contributed by atoms with Gasteiger partial charge in [0, 0.05) is 16.8 Å². The molecule has 1 saturated heterocycles. The molecule has 0 aromatic heterocycles. The molecule has 108 valence electrons. The first kappa shape index (κ1) is 14.0. The molecule has 4 heteroatoms. The zero-order valence-electron chi connectivity index (χ0n) is 11.7. The Balaban J connectivity index is 1.71. The summed E-state index contributed by atoms with van der Waals surface area (Å²) in [6.45, 7) is 2.69. The summed E-state index contributed by atoms with van der Waals surface area (Å²) in [5.41, 5.74) is 1.39. The summed E-state index contributed by atoms with van der Waals surface area (Å²) in [5, 5.41) is 9.75. The Labute approximate surface area is 123 Å². The van der Waals surface area contributed by atoms with E-state index in [1.807, 2.05) is 36.9 Å². The van der Waals surface area contributed by atoms with Crippen LogP contribution in [0.5, 0.6) is 0 Å². The maximum absolute atomic E-state index is 11.2. The molecular formula is C16H20O3S. The van der Waals surface area contributed by atoms with E-state index in [1.54, 1.807) is 0 Å². The van der Waals surface area contributed by atoms with Gasteiger partial charge in [-0.2, -0.15) is 0 Å². The smallest absolute Gasteiger partial charge is 0.335 e. The van der Waals surface area contributed by atoms with Crippen LogP contribution in [0.4, 0.5) is 0 Å². The van der Waals surface area contributed by atoms with Crippen molar-refractivity contribution in [3.05, 3.63) is 29.3 Å². The third-order valence-corrected chi connectivity index (χ3v) is 5.72. The first-order valence-electron chi connectivity index (χ1n) is 7.23. The van der Waals surface area contributed by atoms with E-state index in [-0.39, 0.29) is 5.60 Å². The lowest BCUT2D eigenvalue weighted by molar-refractivity contribution is -0.125. The van der Waals surface area contributed by atoms with Crippen LogP contribution >= 0.6 is 11.8 Å². The Kier molecular flexibility index (Phi) is 3.78. The van der Waals surface area contributed by atoms with E-state index >= 15 is 0 Å². The normalized spacial score (nSPS) is 24.4. The molecule has 1 aliphatic carbocycles. The van der Waals surface area contributed by atoms with Gasteiger partial charge in [0.25, 0.3) is 0 Å². The minimum Gasteiger partial charge on any atom is -0.478 e. The minimum absolute atomic E-state index is 0.149. The Morgan fingerprint density at radius 1 is 1.45 bits per heavy atom. The van der Waals surface area contributed by atoms with Crippen molar-refractivity contribution in [3.8, 4) is 0 Å². The highest BCUT2D eigenvalue weighted by Crippen LogP contribution is 2.46. The molecular weight excluding hydrogens is 272 g/mol. The van der Waals surface area contributed by atoms with E-state index < -0.39 is 5.97 Å². The highest BCUT2D eigenvalue weighted by Gasteiger charge is 2.42. The predicted molar refractivity (Wildman–Crippen MR) is 79.6 cm³/mol. The maximum atomic E-state index is 11.2. The molecule has 1 aliphatic heterocycles. The van der Waals surface area contributed by atoms with Crippen molar-refractivity contribution >= 4 is 17.7 Å². The molecule has 20 heavy (non-hydrogen) atoms. The monoisotopic (exact) mass is 292 g/mol. The van der Waals surface area contributed by atoms with Gasteiger partial charge in [-0.05, 0) is 56.7 Å². The molecule has 3 rings (SSSR count). The predicted octanol–water partition coefficient (Wildman–Crippen LogP) is 3.89. The topological polar surface area (TPSA) is 46.5 Å². The second-order valence-electron chi connectivity index (χ2n) is 5.90. The van der Waals surface area contributed by atoms with Crippen LogP contribution in [0.3, 0.4) is 0 Å². The van der Waals surface area contributed by atoms with E-state index in [9.17, 15) is 9.90 Å². The summed E-state index contributed by atoms with van der Waals surface area (Å²) in [5.74, 6) is -0.840. The Morgan fingerprint density at radius 3 is 2.90 bits per heavy atom. The summed E-state index contributed by atoms with van der Waals surface area (Å²) in [6, 6.07) is 5.75. The van der Waals surface area contributed by atoms with E-state index in [4.69, 9.17) is 4.74 Å². The number of benzene rings is 1. The maximum Gasteiger partial charge on any atom is 0.335 e. The number of thioether (sulfide) groups is 1. The van der Waals surface area contributed by atoms with Gasteiger partial charge in [-0.1, -0.05) is 6.07 Å². The number of aromatic carboxylic acids is 1. The van der Waals surface area contributed by atoms with Crippen molar-refractivity contribution in [1.82, 2.24) is 0 Å². The quantitative estimate of drug-likeness (QED) is 0.918. The van der Waals surface area contributed by atoms with E-state index in [2.05, 4.69) is 0 Å². The lowest BCUT2D eigenvalue weighted by atomic mass is 9.75. The second-order valence-corrected chi connectivity index (χ2v) is 7.27. The summed E-state index contributed by atoms with van der Waals surface area (Å²) >= 11 is 1.81. The summed E-state index contributed by atoms with van der Waals surface area (Å²) < 4.78 is 5.94. The van der Waals surface area contributed by atoms with Gasteiger partial charge in [0.1, 0.15) is 0 Å². The second kappa shape index (κ2) is 5.41. The fraction of sp³-hybridized carbons (Fsp3) is 0.562. The highest BCUT2D eigenvalue weighted by molar-refractivity contribution is 8.00. The van der Waals surface area contributed by atoms with Crippen molar-refractivity contribution in [1.29, 1.82) is 0 Å². The molecule has 1 spiro atoms. The molecule has 2 fully saturated rings. The highest BCUT2D eigenvalue weighted by atomic mass is 32.2. The molecule has 3 nitrogen and oxygen atoms in total. The SMILES string of the molecule is Cc1ccc(SC2CCOC3(CCC3)C2)cc1C(=O)O. The number of hydrogen-bond donors (Lipinski definition) is 1. The summed E-state index contributed by atoms with van der Waals surface area (Å²) in [7, 11) is 0. The van der Waals surface area contributed by atoms with Gasteiger partial charge in [-0.3, -0.25) is 0 Å². The van der Waals surface area contributed by atoms with Gasteiger partial charge >= 0.3 is 5.97 Å². The van der Waals surface area contributed by atoms with Crippen LogP contribution in [0.2, 0.25) is 0 Å². The fourth-order valence-electron chi connectivity index (χ4n) is 3.10. The lowest BCUT2D eigenvalue weighted by Crippen LogP contribution is -2.46. The number of aryl methyl sites for hydroxylation is 1. The molecule has 1 atom stereocenters. The van der Waals surface area contributed by atoms with Crippen LogP contribution in [0.25, 0.3) is 0 Å². The van der Waals surface area contributed by atoms with Crippen molar-refractivity contribution in [3.63, 3.8) is 0 Å². The van der Waals surface area contributed by atoms with E-state index in [1.165, 1.54) is 19.3 Å². The number of ether oxygens (including phenoxy) is 1. The average molecular weight is 292 g/mol. The van der Waals surface area contributed by atoms with Crippen molar-refractivity contribution in [2.24, 2.45) is 0 Å². The summed E-state index contributed by atoms with van der Waals surface area (Å²) in [4.78, 5) is 12.3. The molecule has 1 N–H and O–H groups in total. The van der Waals surface area contributed by atoms with E-state index in [0.717, 1.165) is 29.9 Å². The number of carbonyl (C=O) groups is 1. The third kappa shape index (κ3) is 2.72. The molecule has 1 unspecified atom stereocenters. The standard InChI is InChI=1S/C16H20O3S/c1-11-3-4-12(9-14(11)15(17)18)20-13-5-8-19-16(10-13)6-2-7-16/h3-4,9,13H,2,5-8,10H2,1H3,(H,17,18). The molecule has 1 aromatic carbocycles. The van der Waals surface area contributed by atoms with E-state index in [0.29, 0.717) is 10.8 Å². The minimum atomic E-state index is -0.840. The number of hydrogen-bond acceptors (Lipinski definition) is 3. The first-order valence-corrected chi connectivity index (χ1v) is 8.11. The van der Waals surface area contributed by atoms with Crippen LogP contribution in [-0.2, 0) is 4.74 Å². The van der Waals surface area contributed by atoms with Crippen LogP contribution in [0, 0.1) is 6.92 Å². The molecule has 1 aromatic rings. The molecule has 0 radical (unpaired) electrons. The number of rotatable bonds is 3. The van der Waals surface area contributed by atoms with Gasteiger partial charge in [0.05, 0.1) is 11.2 Å². The van der Waals surface area contributed by atoms with Crippen LogP contribution in [-0.4, -0.2) is 28.5 Å². The Morgan fingerprint density at radius 2 is 2.25 bits per heavy atom. The Hall–Kier alpha value is -1.00. The van der Waals surface area contributed by atoms with Gasteiger partial charge in [0.2, 0.25) is 0 Å². The van der Waals surface area contributed by atoms with Crippen molar-refractivity contribution in [2.45, 2.75) is 54.8 Å². The van der Waals surface area contributed by atoms with Gasteiger partial charge < -0.3 is 9.84 Å². The van der Waals surface area contributed by atoms with Crippen LogP contribution in [0.1, 0.15) is 48.0 Å². The summed E-state index contributed by atoms with van der Waals surface area (Å²) in [6.07, 6.45) is 5.83. The van der Waals surface area contributed by atoms with Crippen LogP contribution < -0.4 is 0 Å². The third-order valence-electron chi connectivity index (χ3n) is 4.45. The van der Waals surface area contributed by atoms with Gasteiger partial charge in [0.15, 0.2) is 0 Å². The number of carboxylic acids is 1. The lowest BCUT2D eigenvalue weighted by Gasteiger charge is -2.47. The average Bonchev–Trinajstić information content (AvgIpc) is 2.39.